The Hall–Kier alpha value is -1.43. The van der Waals surface area contributed by atoms with E-state index in [1.807, 2.05) is 0 Å². The average Bonchev–Trinajstić information content (AvgIpc) is 3.07. The van der Waals surface area contributed by atoms with Gasteiger partial charge >= 0.3 is 150 Å². The molecule has 0 bridgehead atoms. The maximum Gasteiger partial charge on any atom is -0.153 e. The number of allylic oxidation sites excluding steroid dienone is 4. The summed E-state index contributed by atoms with van der Waals surface area (Å²) in [6.07, 6.45) is 11.3. The minimum atomic E-state index is -2.85. The Kier molecular flexibility index (Phi) is 8.07. The zero-order chi connectivity index (χ0) is 19.1. The van der Waals surface area contributed by atoms with Gasteiger partial charge in [0, 0.05) is 0 Å². The van der Waals surface area contributed by atoms with Crippen LogP contribution in [0, 0.1) is 0 Å². The van der Waals surface area contributed by atoms with Crippen molar-refractivity contribution in [3.05, 3.63) is 47.6 Å². The molecule has 0 aliphatic heterocycles. The Bertz CT molecular complexity index is 625. The van der Waals surface area contributed by atoms with E-state index >= 15 is 0 Å². The molecule has 6 heteroatoms. The molecule has 5 nitrogen and oxygen atoms in total. The first-order valence-electron chi connectivity index (χ1n) is 9.03. The normalized spacial score (nSPS) is 20.9. The van der Waals surface area contributed by atoms with Crippen LogP contribution in [-0.4, -0.2) is 19.0 Å². The number of carbonyl (C=O) groups is 2. The van der Waals surface area contributed by atoms with Gasteiger partial charge in [-0.2, -0.15) is 7.11 Å². The third-order valence-corrected chi connectivity index (χ3v) is 8.24. The minimum Gasteiger partial charge on any atom is -0.857 e. The quantitative estimate of drug-likeness (QED) is 0.528. The first-order chi connectivity index (χ1) is 12.6. The van der Waals surface area contributed by atoms with Gasteiger partial charge in [0.1, 0.15) is 0 Å². The van der Waals surface area contributed by atoms with Crippen molar-refractivity contribution in [1.82, 2.24) is 0 Å². The predicted molar refractivity (Wildman–Crippen MR) is 93.2 cm³/mol. The van der Waals surface area contributed by atoms with Gasteiger partial charge in [-0.25, -0.2) is 0 Å². The van der Waals surface area contributed by atoms with E-state index in [0.29, 0.717) is 0 Å². The number of rotatable bonds is 5. The monoisotopic (exact) mass is 394 g/mol. The summed E-state index contributed by atoms with van der Waals surface area (Å²) in [5, 5.41) is 8.25. The van der Waals surface area contributed by atoms with Crippen molar-refractivity contribution in [1.29, 1.82) is 0 Å². The summed E-state index contributed by atoms with van der Waals surface area (Å²) in [6, 6.07) is 0. The summed E-state index contributed by atoms with van der Waals surface area (Å²) in [5.74, 6) is -0.990. The standard InChI is InChI=1S/C13H17.2C3H4O2.CH3O.Ti/c1-3-7-12-10(5-1)9-11-6-2-4-8-13(11)12;2*1-2-3(4)5;1-2;/h5H,1-4,6-9H2;2*2H,1H2,(H,4,5);1H3;/q;;;-1;+3/p-2. The molecule has 0 aromatic carbocycles. The molecular weight excluding hydrogens is 368 g/mol. The first kappa shape index (κ1) is 20.9. The van der Waals surface area contributed by atoms with E-state index in [9.17, 15) is 9.59 Å². The van der Waals surface area contributed by atoms with Gasteiger partial charge in [-0.15, -0.1) is 0 Å². The van der Waals surface area contributed by atoms with Crippen molar-refractivity contribution < 1.29 is 40.0 Å². The van der Waals surface area contributed by atoms with Gasteiger partial charge in [-0.3, -0.25) is 0 Å². The van der Waals surface area contributed by atoms with Crippen LogP contribution in [0.25, 0.3) is 0 Å². The molecule has 0 aromatic rings. The van der Waals surface area contributed by atoms with E-state index in [-0.39, 0.29) is 4.22 Å². The smallest absolute Gasteiger partial charge is 0.153 e. The van der Waals surface area contributed by atoms with Crippen LogP contribution >= 0.6 is 0 Å². The molecule has 3 rings (SSSR count). The van der Waals surface area contributed by atoms with Gasteiger partial charge in [0.15, 0.2) is 0 Å². The van der Waals surface area contributed by atoms with E-state index in [1.54, 1.807) is 11.1 Å². The molecule has 0 radical (unpaired) electrons. The third-order valence-electron chi connectivity index (χ3n) is 5.10. The van der Waals surface area contributed by atoms with E-state index in [1.165, 1.54) is 36.8 Å². The first-order valence-corrected chi connectivity index (χ1v) is 11.2. The van der Waals surface area contributed by atoms with Crippen LogP contribution < -0.4 is 5.11 Å². The van der Waals surface area contributed by atoms with E-state index in [0.717, 1.165) is 44.9 Å². The SMILES string of the molecule is C=CC(=O)[O][Ti+]([O]C(=O)C=C)[CH]1CCCC2=C1CC1=C2CCCC1.C[O-]. The van der Waals surface area contributed by atoms with Gasteiger partial charge in [-0.1, -0.05) is 0 Å². The number of carbonyl (C=O) groups excluding carboxylic acids is 2. The topological polar surface area (TPSA) is 75.7 Å². The van der Waals surface area contributed by atoms with Crippen LogP contribution in [0.1, 0.15) is 51.4 Å². The van der Waals surface area contributed by atoms with Crippen molar-refractivity contribution in [2.75, 3.05) is 7.11 Å². The zero-order valence-corrected chi connectivity index (χ0v) is 16.9. The molecule has 26 heavy (non-hydrogen) atoms. The molecule has 140 valence electrons. The van der Waals surface area contributed by atoms with Crippen molar-refractivity contribution in [3.63, 3.8) is 0 Å². The Balaban J connectivity index is 0.00000117. The van der Waals surface area contributed by atoms with Crippen molar-refractivity contribution >= 4 is 11.9 Å². The molecule has 0 N–H and O–H groups in total. The molecule has 0 heterocycles. The fourth-order valence-corrected chi connectivity index (χ4v) is 7.02. The van der Waals surface area contributed by atoms with Crippen LogP contribution in [-0.2, 0) is 34.9 Å². The molecule has 3 aliphatic carbocycles. The summed E-state index contributed by atoms with van der Waals surface area (Å²) in [4.78, 5) is 23.5. The van der Waals surface area contributed by atoms with Gasteiger partial charge < -0.3 is 5.11 Å². The maximum atomic E-state index is 11.7. The largest absolute Gasteiger partial charge is 0.857 e. The molecule has 0 aromatic heterocycles. The number of hydrogen-bond acceptors (Lipinski definition) is 5. The molecule has 1 atom stereocenters. The molecule has 0 saturated heterocycles. The van der Waals surface area contributed by atoms with Gasteiger partial charge in [0.2, 0.25) is 0 Å². The second-order valence-electron chi connectivity index (χ2n) is 6.48. The fraction of sp³-hybridized carbons (Fsp3) is 0.500. The maximum absolute atomic E-state index is 11.7. The van der Waals surface area contributed by atoms with Crippen LogP contribution in [0.5, 0.6) is 0 Å². The molecule has 0 spiro atoms. The molecular formula is C20H26O5Ti. The Morgan fingerprint density at radius 2 is 1.58 bits per heavy atom. The second kappa shape index (κ2) is 10.0. The van der Waals surface area contributed by atoms with Gasteiger partial charge in [0.05, 0.1) is 0 Å². The third kappa shape index (κ3) is 4.64. The van der Waals surface area contributed by atoms with Crippen LogP contribution in [0.4, 0.5) is 0 Å². The molecule has 0 fully saturated rings. The Morgan fingerprint density at radius 1 is 1.00 bits per heavy atom. The van der Waals surface area contributed by atoms with Gasteiger partial charge in [-0.05, 0) is 0 Å². The molecule has 3 aliphatic rings. The molecule has 0 amide bonds. The summed E-state index contributed by atoms with van der Waals surface area (Å²) in [6.45, 7) is 6.91. The zero-order valence-electron chi connectivity index (χ0n) is 15.3. The minimum absolute atomic E-state index is 0.104. The fourth-order valence-electron chi connectivity index (χ4n) is 4.06. The summed E-state index contributed by atoms with van der Waals surface area (Å²) >= 11 is -2.85. The summed E-state index contributed by atoms with van der Waals surface area (Å²) in [7, 11) is 0.750. The predicted octanol–water partition coefficient (Wildman–Crippen LogP) is 3.41. The van der Waals surface area contributed by atoms with E-state index in [2.05, 4.69) is 13.2 Å². The van der Waals surface area contributed by atoms with E-state index in [4.69, 9.17) is 11.7 Å². The Labute approximate surface area is 162 Å². The number of fused-ring (bicyclic) bond motifs is 1. The van der Waals surface area contributed by atoms with Crippen molar-refractivity contribution in [3.8, 4) is 0 Å². The second-order valence-corrected chi connectivity index (χ2v) is 9.21. The van der Waals surface area contributed by atoms with Gasteiger partial charge in [0.25, 0.3) is 0 Å². The number of hydrogen-bond donors (Lipinski definition) is 0. The average molecular weight is 394 g/mol. The summed E-state index contributed by atoms with van der Waals surface area (Å²) < 4.78 is 11.2. The Morgan fingerprint density at radius 3 is 2.19 bits per heavy atom. The van der Waals surface area contributed by atoms with E-state index < -0.39 is 30.6 Å². The molecule has 0 saturated carbocycles. The van der Waals surface area contributed by atoms with Crippen LogP contribution in [0.15, 0.2) is 47.6 Å². The van der Waals surface area contributed by atoms with Crippen LogP contribution in [0.3, 0.4) is 0 Å². The van der Waals surface area contributed by atoms with Crippen molar-refractivity contribution in [2.45, 2.75) is 55.6 Å². The summed E-state index contributed by atoms with van der Waals surface area (Å²) in [5.41, 5.74) is 6.00. The van der Waals surface area contributed by atoms with Crippen molar-refractivity contribution in [2.24, 2.45) is 0 Å². The molecule has 1 unspecified atom stereocenters. The van der Waals surface area contributed by atoms with Crippen LogP contribution in [0.2, 0.25) is 4.22 Å².